The first kappa shape index (κ1) is 12.2. The molecule has 0 fully saturated rings. The molecule has 0 aliphatic carbocycles. The molecule has 3 nitrogen and oxygen atoms in total. The molecule has 0 saturated heterocycles. The van der Waals surface area contributed by atoms with Gasteiger partial charge in [-0.05, 0) is 20.9 Å². The zero-order chi connectivity index (χ0) is 10.7. The summed E-state index contributed by atoms with van der Waals surface area (Å²) in [6, 6.07) is 0. The fourth-order valence-electron chi connectivity index (χ4n) is 0.864. The van der Waals surface area contributed by atoms with E-state index in [-0.39, 0.29) is 6.54 Å². The highest BCUT2D eigenvalue weighted by molar-refractivity contribution is 5.82. The van der Waals surface area contributed by atoms with Crippen molar-refractivity contribution >= 4 is 5.91 Å². The van der Waals surface area contributed by atoms with Gasteiger partial charge in [0.25, 0.3) is 0 Å². The molecule has 1 amide bonds. The molecule has 0 unspecified atom stereocenters. The molecule has 0 spiro atoms. The van der Waals surface area contributed by atoms with Crippen LogP contribution >= 0.6 is 0 Å². The second-order valence-electron chi connectivity index (χ2n) is 3.37. The van der Waals surface area contributed by atoms with E-state index in [9.17, 15) is 18.0 Å². The van der Waals surface area contributed by atoms with E-state index in [0.717, 1.165) is 0 Å². The first-order valence-corrected chi connectivity index (χ1v) is 3.73. The number of carbonyl (C=O) groups is 1. The van der Waals surface area contributed by atoms with Crippen LogP contribution in [0.4, 0.5) is 13.2 Å². The summed E-state index contributed by atoms with van der Waals surface area (Å²) in [5.74, 6) is -1.91. The van der Waals surface area contributed by atoms with Crippen LogP contribution in [0.2, 0.25) is 0 Å². The quantitative estimate of drug-likeness (QED) is 0.699. The van der Waals surface area contributed by atoms with Crippen molar-refractivity contribution in [2.75, 3.05) is 13.6 Å². The van der Waals surface area contributed by atoms with Crippen molar-refractivity contribution in [1.29, 1.82) is 0 Å². The highest BCUT2D eigenvalue weighted by atomic mass is 19.4. The van der Waals surface area contributed by atoms with Gasteiger partial charge in [0.2, 0.25) is 0 Å². The number of hydrogen-bond donors (Lipinski definition) is 2. The Balaban J connectivity index is 4.20. The topological polar surface area (TPSA) is 41.1 Å². The minimum atomic E-state index is -4.81. The molecule has 78 valence electrons. The van der Waals surface area contributed by atoms with E-state index in [1.807, 2.05) is 5.32 Å². The Kier molecular flexibility index (Phi) is 3.71. The summed E-state index contributed by atoms with van der Waals surface area (Å²) < 4.78 is 35.4. The lowest BCUT2D eigenvalue weighted by molar-refractivity contribution is -0.175. The SMILES string of the molecule is CNCC(C)(C)NC(=O)C(F)(F)F. The van der Waals surface area contributed by atoms with Gasteiger partial charge in [-0.15, -0.1) is 0 Å². The molecule has 0 aromatic heterocycles. The number of hydrogen-bond acceptors (Lipinski definition) is 2. The maximum Gasteiger partial charge on any atom is 0.471 e. The van der Waals surface area contributed by atoms with Crippen molar-refractivity contribution in [2.45, 2.75) is 25.6 Å². The van der Waals surface area contributed by atoms with Crippen molar-refractivity contribution in [2.24, 2.45) is 0 Å². The summed E-state index contributed by atoms with van der Waals surface area (Å²) in [6.07, 6.45) is -4.81. The van der Waals surface area contributed by atoms with E-state index < -0.39 is 17.6 Å². The zero-order valence-corrected chi connectivity index (χ0v) is 7.75. The van der Waals surface area contributed by atoms with Crippen molar-refractivity contribution in [1.82, 2.24) is 10.6 Å². The van der Waals surface area contributed by atoms with Crippen LogP contribution in [0.15, 0.2) is 0 Å². The van der Waals surface area contributed by atoms with Crippen molar-refractivity contribution in [3.8, 4) is 0 Å². The van der Waals surface area contributed by atoms with Gasteiger partial charge in [-0.2, -0.15) is 13.2 Å². The predicted molar refractivity (Wildman–Crippen MR) is 42.2 cm³/mol. The molecule has 0 radical (unpaired) electrons. The first-order valence-electron chi connectivity index (χ1n) is 3.73. The van der Waals surface area contributed by atoms with Crippen LogP contribution in [-0.2, 0) is 4.79 Å². The van der Waals surface area contributed by atoms with Gasteiger partial charge in [-0.1, -0.05) is 0 Å². The van der Waals surface area contributed by atoms with Gasteiger partial charge in [-0.25, -0.2) is 0 Å². The zero-order valence-electron chi connectivity index (χ0n) is 7.75. The normalized spacial score (nSPS) is 12.8. The van der Waals surface area contributed by atoms with E-state index in [2.05, 4.69) is 5.32 Å². The molecular weight excluding hydrogens is 185 g/mol. The predicted octanol–water partition coefficient (Wildman–Crippen LogP) is 0.663. The van der Waals surface area contributed by atoms with Crippen molar-refractivity contribution < 1.29 is 18.0 Å². The lowest BCUT2D eigenvalue weighted by Crippen LogP contribution is -2.53. The van der Waals surface area contributed by atoms with E-state index in [1.165, 1.54) is 13.8 Å². The molecule has 13 heavy (non-hydrogen) atoms. The lowest BCUT2D eigenvalue weighted by atomic mass is 10.1. The molecular formula is C7H13F3N2O. The third-order valence-electron chi connectivity index (χ3n) is 1.33. The third kappa shape index (κ3) is 4.72. The van der Waals surface area contributed by atoms with Crippen LogP contribution in [0, 0.1) is 0 Å². The average Bonchev–Trinajstić information content (AvgIpc) is 1.83. The monoisotopic (exact) mass is 198 g/mol. The van der Waals surface area contributed by atoms with Gasteiger partial charge in [-0.3, -0.25) is 4.79 Å². The summed E-state index contributed by atoms with van der Waals surface area (Å²) in [5.41, 5.74) is -0.901. The van der Waals surface area contributed by atoms with E-state index >= 15 is 0 Å². The largest absolute Gasteiger partial charge is 0.471 e. The summed E-state index contributed by atoms with van der Waals surface area (Å²) in [4.78, 5) is 10.5. The Morgan fingerprint density at radius 3 is 2.08 bits per heavy atom. The standard InChI is InChI=1S/C7H13F3N2O/c1-6(2,4-11-3)12-5(13)7(8,9)10/h11H,4H2,1-3H3,(H,12,13). The number of carbonyl (C=O) groups excluding carboxylic acids is 1. The molecule has 0 aromatic carbocycles. The van der Waals surface area contributed by atoms with Crippen molar-refractivity contribution in [3.63, 3.8) is 0 Å². The fraction of sp³-hybridized carbons (Fsp3) is 0.857. The van der Waals surface area contributed by atoms with Crippen LogP contribution < -0.4 is 10.6 Å². The molecule has 6 heteroatoms. The minimum absolute atomic E-state index is 0.273. The molecule has 0 rings (SSSR count). The highest BCUT2D eigenvalue weighted by Gasteiger charge is 2.41. The van der Waals surface area contributed by atoms with Crippen LogP contribution in [0.5, 0.6) is 0 Å². The van der Waals surface area contributed by atoms with Gasteiger partial charge in [0.1, 0.15) is 0 Å². The van der Waals surface area contributed by atoms with Crippen molar-refractivity contribution in [3.05, 3.63) is 0 Å². The second-order valence-corrected chi connectivity index (χ2v) is 3.37. The van der Waals surface area contributed by atoms with Crippen LogP contribution in [0.25, 0.3) is 0 Å². The Hall–Kier alpha value is -0.780. The summed E-state index contributed by atoms with van der Waals surface area (Å²) >= 11 is 0. The van der Waals surface area contributed by atoms with Crippen LogP contribution in [0.3, 0.4) is 0 Å². The van der Waals surface area contributed by atoms with Gasteiger partial charge in [0.05, 0.1) is 0 Å². The smallest absolute Gasteiger partial charge is 0.342 e. The number of alkyl halides is 3. The molecule has 0 heterocycles. The molecule has 0 aromatic rings. The van der Waals surface area contributed by atoms with Gasteiger partial charge >= 0.3 is 12.1 Å². The number of halogens is 3. The Bertz CT molecular complexity index is 189. The van der Waals surface area contributed by atoms with Gasteiger partial charge in [0.15, 0.2) is 0 Å². The summed E-state index contributed by atoms with van der Waals surface area (Å²) in [7, 11) is 1.60. The third-order valence-corrected chi connectivity index (χ3v) is 1.33. The van der Waals surface area contributed by atoms with Crippen LogP contribution in [-0.4, -0.2) is 31.2 Å². The number of nitrogens with one attached hydrogen (secondary N) is 2. The van der Waals surface area contributed by atoms with E-state index in [4.69, 9.17) is 0 Å². The molecule has 0 aliphatic heterocycles. The fourth-order valence-corrected chi connectivity index (χ4v) is 0.864. The maximum absolute atomic E-state index is 11.8. The molecule has 2 N–H and O–H groups in total. The molecule has 0 aliphatic rings. The minimum Gasteiger partial charge on any atom is -0.342 e. The van der Waals surface area contributed by atoms with Crippen LogP contribution in [0.1, 0.15) is 13.8 Å². The first-order chi connectivity index (χ1) is 5.69. The molecule has 0 atom stereocenters. The molecule has 0 saturated carbocycles. The Morgan fingerprint density at radius 2 is 1.77 bits per heavy atom. The Labute approximate surface area is 74.7 Å². The average molecular weight is 198 g/mol. The van der Waals surface area contributed by atoms with E-state index in [0.29, 0.717) is 0 Å². The number of likely N-dealkylation sites (N-methyl/N-ethyl adjacent to an activating group) is 1. The summed E-state index contributed by atoms with van der Waals surface area (Å²) in [5, 5.41) is 4.55. The lowest BCUT2D eigenvalue weighted by Gasteiger charge is -2.26. The maximum atomic E-state index is 11.8. The summed E-state index contributed by atoms with van der Waals surface area (Å²) in [6.45, 7) is 3.29. The molecule has 0 bridgehead atoms. The van der Waals surface area contributed by atoms with Gasteiger partial charge in [0, 0.05) is 12.1 Å². The number of rotatable bonds is 3. The Morgan fingerprint density at radius 1 is 1.31 bits per heavy atom. The second kappa shape index (κ2) is 3.95. The van der Waals surface area contributed by atoms with E-state index in [1.54, 1.807) is 7.05 Å². The van der Waals surface area contributed by atoms with Gasteiger partial charge < -0.3 is 10.6 Å². The number of amides is 1. The highest BCUT2D eigenvalue weighted by Crippen LogP contribution is 2.16.